The number of ether oxygens (including phenoxy) is 1. The third kappa shape index (κ3) is 1.63. The van der Waals surface area contributed by atoms with Crippen LogP contribution in [0.4, 0.5) is 11.5 Å². The van der Waals surface area contributed by atoms with Crippen molar-refractivity contribution < 1.29 is 9.66 Å². The molecule has 13 heavy (non-hydrogen) atoms. The van der Waals surface area contributed by atoms with E-state index in [0.29, 0.717) is 0 Å². The molecule has 0 bridgehead atoms. The maximum Gasteiger partial charge on any atom is 0.372 e. The zero-order chi connectivity index (χ0) is 9.84. The Hall–Kier alpha value is -1.92. The third-order valence-corrected chi connectivity index (χ3v) is 1.40. The number of rotatable bonds is 3. The number of nitrogens with one attached hydrogen (secondary N) is 1. The molecule has 0 aliphatic rings. The molecule has 0 radical (unpaired) electrons. The number of hydrogen-bond acceptors (Lipinski definition) is 6. The van der Waals surface area contributed by atoms with Gasteiger partial charge in [0, 0.05) is 7.05 Å². The molecular weight excluding hydrogens is 176 g/mol. The van der Waals surface area contributed by atoms with Crippen molar-refractivity contribution in [2.75, 3.05) is 19.5 Å². The van der Waals surface area contributed by atoms with Crippen molar-refractivity contribution >= 4 is 11.5 Å². The smallest absolute Gasteiger partial charge is 0.372 e. The molecule has 0 spiro atoms. The molecule has 0 saturated heterocycles. The fraction of sp³-hybridized carbons (Fsp3) is 0.333. The van der Waals surface area contributed by atoms with Gasteiger partial charge in [-0.3, -0.25) is 10.1 Å². The maximum atomic E-state index is 10.6. The van der Waals surface area contributed by atoms with Crippen LogP contribution in [0.25, 0.3) is 0 Å². The summed E-state index contributed by atoms with van der Waals surface area (Å²) in [6.07, 6.45) is 1.19. The summed E-state index contributed by atoms with van der Waals surface area (Å²) in [4.78, 5) is 17.3. The van der Waals surface area contributed by atoms with Crippen LogP contribution >= 0.6 is 0 Å². The van der Waals surface area contributed by atoms with Crippen molar-refractivity contribution in [1.29, 1.82) is 0 Å². The zero-order valence-electron chi connectivity index (χ0n) is 7.14. The van der Waals surface area contributed by atoms with E-state index in [9.17, 15) is 10.1 Å². The van der Waals surface area contributed by atoms with E-state index in [1.165, 1.54) is 20.5 Å². The summed E-state index contributed by atoms with van der Waals surface area (Å²) in [5, 5.41) is 13.1. The van der Waals surface area contributed by atoms with E-state index < -0.39 is 4.92 Å². The number of hydrogen-bond donors (Lipinski definition) is 1. The quantitative estimate of drug-likeness (QED) is 0.541. The molecule has 70 valence electrons. The van der Waals surface area contributed by atoms with Crippen LogP contribution in [0.2, 0.25) is 0 Å². The second-order valence-electron chi connectivity index (χ2n) is 2.09. The van der Waals surface area contributed by atoms with E-state index >= 15 is 0 Å². The molecule has 0 fully saturated rings. The van der Waals surface area contributed by atoms with Crippen molar-refractivity contribution in [3.8, 4) is 5.88 Å². The van der Waals surface area contributed by atoms with Crippen LogP contribution in [0.1, 0.15) is 0 Å². The summed E-state index contributed by atoms with van der Waals surface area (Å²) < 4.78 is 4.72. The molecular formula is C6H8N4O3. The number of methoxy groups -OCH3 is 1. The zero-order valence-corrected chi connectivity index (χ0v) is 7.14. The topological polar surface area (TPSA) is 90.2 Å². The molecule has 7 heteroatoms. The molecule has 1 rings (SSSR count). The highest BCUT2D eigenvalue weighted by Gasteiger charge is 2.22. The Morgan fingerprint density at radius 1 is 1.62 bits per heavy atom. The molecule has 0 atom stereocenters. The van der Waals surface area contributed by atoms with Gasteiger partial charge in [-0.2, -0.15) is 4.98 Å². The monoisotopic (exact) mass is 184 g/mol. The molecule has 7 nitrogen and oxygen atoms in total. The van der Waals surface area contributed by atoms with Crippen LogP contribution in [0, 0.1) is 10.1 Å². The highest BCUT2D eigenvalue weighted by atomic mass is 16.6. The summed E-state index contributed by atoms with van der Waals surface area (Å²) in [7, 11) is 2.85. The average Bonchev–Trinajstić information content (AvgIpc) is 2.16. The largest absolute Gasteiger partial charge is 0.476 e. The van der Waals surface area contributed by atoms with E-state index in [2.05, 4.69) is 15.3 Å². The van der Waals surface area contributed by atoms with E-state index in [-0.39, 0.29) is 17.4 Å². The van der Waals surface area contributed by atoms with Crippen LogP contribution in [0.5, 0.6) is 5.88 Å². The molecule has 1 N–H and O–H groups in total. The predicted molar refractivity (Wildman–Crippen MR) is 44.8 cm³/mol. The van der Waals surface area contributed by atoms with Crippen LogP contribution < -0.4 is 10.1 Å². The average molecular weight is 184 g/mol. The standard InChI is InChI=1S/C6H8N4O3/c1-7-5-4(10(11)12)6(13-2)9-3-8-5/h3H,1-2H3,(H,7,8,9). The third-order valence-electron chi connectivity index (χ3n) is 1.40. The van der Waals surface area contributed by atoms with Gasteiger partial charge in [0.2, 0.25) is 5.82 Å². The van der Waals surface area contributed by atoms with Crippen LogP contribution in [-0.4, -0.2) is 29.0 Å². The molecule has 1 aromatic heterocycles. The van der Waals surface area contributed by atoms with Gasteiger partial charge in [0.1, 0.15) is 6.33 Å². The number of anilines is 1. The van der Waals surface area contributed by atoms with E-state index in [4.69, 9.17) is 4.74 Å². The first-order chi connectivity index (χ1) is 6.20. The first-order valence-corrected chi connectivity index (χ1v) is 3.41. The van der Waals surface area contributed by atoms with Crippen molar-refractivity contribution in [3.63, 3.8) is 0 Å². The SMILES string of the molecule is CNc1ncnc(OC)c1[N+](=O)[O-]. The Morgan fingerprint density at radius 3 is 2.77 bits per heavy atom. The van der Waals surface area contributed by atoms with Crippen LogP contribution in [0.3, 0.4) is 0 Å². The highest BCUT2D eigenvalue weighted by Crippen LogP contribution is 2.29. The second-order valence-corrected chi connectivity index (χ2v) is 2.09. The number of nitrogens with zero attached hydrogens (tertiary/aromatic N) is 3. The lowest BCUT2D eigenvalue weighted by Gasteiger charge is -2.03. The molecule has 0 unspecified atom stereocenters. The van der Waals surface area contributed by atoms with Gasteiger partial charge in [0.15, 0.2) is 0 Å². The summed E-state index contributed by atoms with van der Waals surface area (Å²) in [5.41, 5.74) is -0.257. The Morgan fingerprint density at radius 2 is 2.31 bits per heavy atom. The minimum atomic E-state index is -0.593. The van der Waals surface area contributed by atoms with Crippen LogP contribution in [-0.2, 0) is 0 Å². The van der Waals surface area contributed by atoms with Crippen molar-refractivity contribution in [1.82, 2.24) is 9.97 Å². The summed E-state index contributed by atoms with van der Waals surface area (Å²) in [6.45, 7) is 0. The fourth-order valence-corrected chi connectivity index (χ4v) is 0.860. The molecule has 0 amide bonds. The second kappa shape index (κ2) is 3.65. The molecule has 1 aromatic rings. The first-order valence-electron chi connectivity index (χ1n) is 3.41. The van der Waals surface area contributed by atoms with Gasteiger partial charge in [-0.05, 0) is 0 Å². The summed E-state index contributed by atoms with van der Waals surface area (Å²) in [5.74, 6) is 0.0844. The lowest BCUT2D eigenvalue weighted by Crippen LogP contribution is -2.03. The van der Waals surface area contributed by atoms with Gasteiger partial charge in [-0.1, -0.05) is 0 Å². The Kier molecular flexibility index (Phi) is 2.58. The Labute approximate surface area is 73.9 Å². The lowest BCUT2D eigenvalue weighted by molar-refractivity contribution is -0.385. The van der Waals surface area contributed by atoms with Gasteiger partial charge in [-0.25, -0.2) is 4.98 Å². The molecule has 0 saturated carbocycles. The van der Waals surface area contributed by atoms with E-state index in [0.717, 1.165) is 0 Å². The Balaban J connectivity index is 3.29. The van der Waals surface area contributed by atoms with E-state index in [1.54, 1.807) is 0 Å². The number of aromatic nitrogens is 2. The van der Waals surface area contributed by atoms with Gasteiger partial charge in [-0.15, -0.1) is 0 Å². The minimum absolute atomic E-state index is 0.0515. The van der Waals surface area contributed by atoms with Crippen molar-refractivity contribution in [2.24, 2.45) is 0 Å². The minimum Gasteiger partial charge on any atom is -0.476 e. The van der Waals surface area contributed by atoms with Crippen molar-refractivity contribution in [3.05, 3.63) is 16.4 Å². The fourth-order valence-electron chi connectivity index (χ4n) is 0.860. The normalized spacial score (nSPS) is 9.38. The molecule has 0 aliphatic heterocycles. The molecule has 1 heterocycles. The van der Waals surface area contributed by atoms with Gasteiger partial charge < -0.3 is 10.1 Å². The van der Waals surface area contributed by atoms with Gasteiger partial charge in [0.25, 0.3) is 5.88 Å². The lowest BCUT2D eigenvalue weighted by atomic mass is 10.4. The predicted octanol–water partition coefficient (Wildman–Crippen LogP) is 0.435. The maximum absolute atomic E-state index is 10.6. The van der Waals surface area contributed by atoms with Gasteiger partial charge >= 0.3 is 5.69 Å². The highest BCUT2D eigenvalue weighted by molar-refractivity contribution is 5.60. The van der Waals surface area contributed by atoms with Crippen molar-refractivity contribution in [2.45, 2.75) is 0 Å². The van der Waals surface area contributed by atoms with E-state index in [1.807, 2.05) is 0 Å². The molecule has 0 aromatic carbocycles. The van der Waals surface area contributed by atoms with Gasteiger partial charge in [0.05, 0.1) is 12.0 Å². The van der Waals surface area contributed by atoms with Crippen LogP contribution in [0.15, 0.2) is 6.33 Å². The first kappa shape index (κ1) is 9.17. The number of nitro groups is 1. The Bertz CT molecular complexity index is 305. The summed E-state index contributed by atoms with van der Waals surface area (Å²) in [6, 6.07) is 0. The summed E-state index contributed by atoms with van der Waals surface area (Å²) >= 11 is 0. The molecule has 0 aliphatic carbocycles.